The van der Waals surface area contributed by atoms with Crippen LogP contribution in [0.25, 0.3) is 17.1 Å². The number of aliphatic hydroxyl groups excluding tert-OH is 3. The van der Waals surface area contributed by atoms with Crippen LogP contribution in [0.2, 0.25) is 0 Å². The molecule has 0 spiro atoms. The van der Waals surface area contributed by atoms with Crippen LogP contribution >= 0.6 is 0 Å². The number of benzene rings is 1. The van der Waals surface area contributed by atoms with Crippen LogP contribution < -0.4 is 10.0 Å². The van der Waals surface area contributed by atoms with Crippen molar-refractivity contribution < 1.29 is 32.9 Å². The van der Waals surface area contributed by atoms with Gasteiger partial charge in [-0.15, -0.1) is 5.10 Å². The van der Waals surface area contributed by atoms with Crippen molar-refractivity contribution in [3.63, 3.8) is 0 Å². The van der Waals surface area contributed by atoms with E-state index < -0.39 is 47.0 Å². The monoisotopic (exact) mass is 589 g/mol. The number of nitrogens with one attached hydrogen (secondary N) is 2. The highest BCUT2D eigenvalue weighted by Gasteiger charge is 2.44. The highest BCUT2D eigenvalue weighted by atomic mass is 32.2. The SMILES string of the molecule is O=S(=O)(NCc1cnnn1-c1nc(NC2CCCC2)c2ncn(C3OC(CO)C(O)C3O)c2n1)c1ccc(F)cc1. The number of sulfonamides is 1. The van der Waals surface area contributed by atoms with Crippen molar-refractivity contribution in [3.05, 3.63) is 48.3 Å². The lowest BCUT2D eigenvalue weighted by molar-refractivity contribution is -0.0511. The number of aromatic nitrogens is 7. The van der Waals surface area contributed by atoms with Gasteiger partial charge >= 0.3 is 0 Å². The number of hydrogen-bond acceptors (Lipinski definition) is 12. The Morgan fingerprint density at radius 1 is 1.10 bits per heavy atom. The average molecular weight is 590 g/mol. The molecule has 4 unspecified atom stereocenters. The summed E-state index contributed by atoms with van der Waals surface area (Å²) in [5.41, 5.74) is 0.941. The molecule has 4 atom stereocenters. The number of imidazole rings is 1. The van der Waals surface area contributed by atoms with Crippen LogP contribution in [0.4, 0.5) is 10.2 Å². The van der Waals surface area contributed by atoms with E-state index in [0.29, 0.717) is 17.0 Å². The van der Waals surface area contributed by atoms with Gasteiger partial charge in [0.15, 0.2) is 23.2 Å². The summed E-state index contributed by atoms with van der Waals surface area (Å²) in [5.74, 6) is -0.118. The molecule has 5 N–H and O–H groups in total. The Hall–Kier alpha value is -3.61. The standard InChI is InChI=1S/C24H28FN9O6S/c25-13-5-7-16(8-6-13)41(38,39)28-10-15-9-27-32-34(15)24-30-21(29-14-3-1-2-4-14)18-22(31-24)33(12-26-18)23-20(37)19(36)17(11-35)40-23/h5-9,12,14,17,19-20,23,28,35-37H,1-4,10-11H2,(H,29,30,31). The predicted octanol–water partition coefficient (Wildman–Crippen LogP) is -0.00940. The van der Waals surface area contributed by atoms with Gasteiger partial charge in [-0.1, -0.05) is 18.1 Å². The quantitative estimate of drug-likeness (QED) is 0.175. The summed E-state index contributed by atoms with van der Waals surface area (Å²) >= 11 is 0. The number of anilines is 1. The van der Waals surface area contributed by atoms with Crippen molar-refractivity contribution in [2.24, 2.45) is 0 Å². The Morgan fingerprint density at radius 2 is 1.85 bits per heavy atom. The summed E-state index contributed by atoms with van der Waals surface area (Å²) in [4.78, 5) is 13.6. The molecule has 1 saturated heterocycles. The predicted molar refractivity (Wildman–Crippen MR) is 140 cm³/mol. The molecule has 0 radical (unpaired) electrons. The first-order chi connectivity index (χ1) is 19.7. The van der Waals surface area contributed by atoms with Crippen molar-refractivity contribution in [2.75, 3.05) is 11.9 Å². The molecule has 218 valence electrons. The van der Waals surface area contributed by atoms with Gasteiger partial charge in [0.1, 0.15) is 24.1 Å². The molecule has 2 aliphatic rings. The molecule has 17 heteroatoms. The molecule has 6 rings (SSSR count). The van der Waals surface area contributed by atoms with Crippen LogP contribution in [0.5, 0.6) is 0 Å². The smallest absolute Gasteiger partial charge is 0.256 e. The summed E-state index contributed by atoms with van der Waals surface area (Å²) in [5, 5.41) is 41.8. The summed E-state index contributed by atoms with van der Waals surface area (Å²) in [6.45, 7) is -0.722. The van der Waals surface area contributed by atoms with E-state index in [2.05, 4.69) is 35.3 Å². The molecule has 3 aromatic heterocycles. The second kappa shape index (κ2) is 11.0. The van der Waals surface area contributed by atoms with Gasteiger partial charge in [-0.05, 0) is 37.1 Å². The number of ether oxygens (including phenoxy) is 1. The topological polar surface area (TPSA) is 202 Å². The van der Waals surface area contributed by atoms with Crippen LogP contribution in [-0.4, -0.2) is 89.2 Å². The van der Waals surface area contributed by atoms with Gasteiger partial charge in [-0.25, -0.2) is 22.5 Å². The molecule has 4 heterocycles. The van der Waals surface area contributed by atoms with E-state index in [-0.39, 0.29) is 29.1 Å². The zero-order valence-electron chi connectivity index (χ0n) is 21.6. The molecule has 4 aromatic rings. The van der Waals surface area contributed by atoms with Crippen LogP contribution in [0.3, 0.4) is 0 Å². The normalized spacial score (nSPS) is 23.5. The lowest BCUT2D eigenvalue weighted by Crippen LogP contribution is -2.33. The lowest BCUT2D eigenvalue weighted by atomic mass is 10.1. The van der Waals surface area contributed by atoms with Crippen molar-refractivity contribution in [1.29, 1.82) is 0 Å². The van der Waals surface area contributed by atoms with Gasteiger partial charge in [0.2, 0.25) is 10.0 Å². The number of aliphatic hydroxyl groups is 3. The summed E-state index contributed by atoms with van der Waals surface area (Å²) < 4.78 is 49.6. The molecule has 41 heavy (non-hydrogen) atoms. The molecular weight excluding hydrogens is 561 g/mol. The Labute approximate surface area is 233 Å². The van der Waals surface area contributed by atoms with Gasteiger partial charge in [-0.3, -0.25) is 4.57 Å². The first kappa shape index (κ1) is 27.6. The minimum absolute atomic E-state index is 0.0416. The van der Waals surface area contributed by atoms with Gasteiger partial charge in [-0.2, -0.15) is 14.6 Å². The fourth-order valence-corrected chi connectivity index (χ4v) is 6.07. The molecule has 0 amide bonds. The third-order valence-corrected chi connectivity index (χ3v) is 8.69. The Bertz CT molecular complexity index is 1640. The Kier molecular flexibility index (Phi) is 7.39. The zero-order valence-corrected chi connectivity index (χ0v) is 22.4. The van der Waals surface area contributed by atoms with E-state index in [4.69, 9.17) is 4.74 Å². The van der Waals surface area contributed by atoms with E-state index >= 15 is 0 Å². The first-order valence-corrected chi connectivity index (χ1v) is 14.5. The number of halogens is 1. The van der Waals surface area contributed by atoms with Crippen molar-refractivity contribution in [2.45, 2.75) is 67.7 Å². The fourth-order valence-electron chi connectivity index (χ4n) is 5.07. The van der Waals surface area contributed by atoms with E-state index in [9.17, 15) is 28.1 Å². The first-order valence-electron chi connectivity index (χ1n) is 13.0. The van der Waals surface area contributed by atoms with E-state index in [1.165, 1.54) is 21.8 Å². The third-order valence-electron chi connectivity index (χ3n) is 7.27. The van der Waals surface area contributed by atoms with Gasteiger partial charge in [0.25, 0.3) is 5.95 Å². The lowest BCUT2D eigenvalue weighted by Gasteiger charge is -2.18. The largest absolute Gasteiger partial charge is 0.394 e. The molecule has 1 aromatic carbocycles. The molecule has 1 aliphatic carbocycles. The highest BCUT2D eigenvalue weighted by Crippen LogP contribution is 2.33. The molecular formula is C24H28FN9O6S. The Balaban J connectivity index is 1.36. The maximum absolute atomic E-state index is 13.3. The average Bonchev–Trinajstić information content (AvgIpc) is 3.76. The van der Waals surface area contributed by atoms with Crippen molar-refractivity contribution >= 4 is 27.0 Å². The highest BCUT2D eigenvalue weighted by molar-refractivity contribution is 7.89. The molecule has 1 saturated carbocycles. The number of fused-ring (bicyclic) bond motifs is 1. The van der Waals surface area contributed by atoms with Gasteiger partial charge in [0, 0.05) is 6.04 Å². The maximum atomic E-state index is 13.3. The fraction of sp³-hybridized carbons (Fsp3) is 0.458. The van der Waals surface area contributed by atoms with E-state index in [1.807, 2.05) is 0 Å². The summed E-state index contributed by atoms with van der Waals surface area (Å²) in [7, 11) is -3.98. The van der Waals surface area contributed by atoms with E-state index in [0.717, 1.165) is 49.9 Å². The minimum atomic E-state index is -3.98. The zero-order chi connectivity index (χ0) is 28.7. The summed E-state index contributed by atoms with van der Waals surface area (Å²) in [6, 6.07) is 4.57. The minimum Gasteiger partial charge on any atom is -0.394 e. The van der Waals surface area contributed by atoms with Gasteiger partial charge < -0.3 is 25.4 Å². The van der Waals surface area contributed by atoms with Crippen LogP contribution in [0, 0.1) is 5.82 Å². The summed E-state index contributed by atoms with van der Waals surface area (Å²) in [6.07, 6.45) is 2.00. The van der Waals surface area contributed by atoms with Crippen LogP contribution in [0.1, 0.15) is 37.6 Å². The number of nitrogens with zero attached hydrogens (tertiary/aromatic N) is 7. The third kappa shape index (κ3) is 5.27. The molecule has 0 bridgehead atoms. The van der Waals surface area contributed by atoms with Crippen LogP contribution in [0.15, 0.2) is 41.7 Å². The molecule has 1 aliphatic heterocycles. The number of hydrogen-bond donors (Lipinski definition) is 5. The maximum Gasteiger partial charge on any atom is 0.256 e. The second-order valence-electron chi connectivity index (χ2n) is 9.97. The second-order valence-corrected chi connectivity index (χ2v) is 11.7. The van der Waals surface area contributed by atoms with Gasteiger partial charge in [0.05, 0.1) is 36.3 Å². The Morgan fingerprint density at radius 3 is 2.56 bits per heavy atom. The molecule has 2 fully saturated rings. The van der Waals surface area contributed by atoms with Crippen LogP contribution in [-0.2, 0) is 21.3 Å². The van der Waals surface area contributed by atoms with Crippen molar-refractivity contribution in [3.8, 4) is 5.95 Å². The molecule has 15 nitrogen and oxygen atoms in total. The number of rotatable bonds is 9. The van der Waals surface area contributed by atoms with E-state index in [1.54, 1.807) is 0 Å². The van der Waals surface area contributed by atoms with Crippen molar-refractivity contribution in [1.82, 2.24) is 39.2 Å².